The van der Waals surface area contributed by atoms with E-state index in [-0.39, 0.29) is 24.2 Å². The average molecular weight is 297 g/mol. The van der Waals surface area contributed by atoms with Crippen molar-refractivity contribution in [2.75, 3.05) is 6.54 Å². The molecular weight excluding hydrogens is 272 g/mol. The third-order valence-corrected chi connectivity index (χ3v) is 4.62. The second-order valence-electron chi connectivity index (χ2n) is 6.08. The van der Waals surface area contributed by atoms with Crippen molar-refractivity contribution in [2.45, 2.75) is 52.4 Å². The van der Waals surface area contributed by atoms with E-state index in [1.54, 1.807) is 6.07 Å². The van der Waals surface area contributed by atoms with Gasteiger partial charge in [0.25, 0.3) is 0 Å². The standard InChI is InChI=1S/C17H25F2NO/c1-5-8-20-17(14-7-6-13(18)9-15(14)19)16-10(2)11(3)21-12(16)4/h6-7,9-12,16-17,20H,5,8H2,1-4H3. The van der Waals surface area contributed by atoms with E-state index < -0.39 is 11.6 Å². The van der Waals surface area contributed by atoms with Gasteiger partial charge in [0.1, 0.15) is 11.6 Å². The van der Waals surface area contributed by atoms with Crippen LogP contribution in [0.3, 0.4) is 0 Å². The van der Waals surface area contributed by atoms with Gasteiger partial charge in [0.05, 0.1) is 12.2 Å². The molecule has 1 heterocycles. The number of halogens is 2. The molecule has 118 valence electrons. The topological polar surface area (TPSA) is 21.3 Å². The largest absolute Gasteiger partial charge is 0.375 e. The van der Waals surface area contributed by atoms with Crippen LogP contribution in [0.15, 0.2) is 18.2 Å². The Morgan fingerprint density at radius 3 is 2.43 bits per heavy atom. The molecule has 0 bridgehead atoms. The molecule has 1 aliphatic rings. The SMILES string of the molecule is CCCNC(c1ccc(F)cc1F)C1C(C)OC(C)C1C. The molecule has 2 rings (SSSR count). The summed E-state index contributed by atoms with van der Waals surface area (Å²) in [6.07, 6.45) is 1.17. The lowest BCUT2D eigenvalue weighted by atomic mass is 9.80. The zero-order chi connectivity index (χ0) is 15.6. The third kappa shape index (κ3) is 3.43. The molecule has 1 saturated heterocycles. The Bertz CT molecular complexity index is 480. The second-order valence-corrected chi connectivity index (χ2v) is 6.08. The highest BCUT2D eigenvalue weighted by Gasteiger charge is 2.42. The van der Waals surface area contributed by atoms with Gasteiger partial charge in [0.2, 0.25) is 0 Å². The fourth-order valence-corrected chi connectivity index (χ4v) is 3.38. The Morgan fingerprint density at radius 1 is 1.19 bits per heavy atom. The van der Waals surface area contributed by atoms with Gasteiger partial charge >= 0.3 is 0 Å². The molecule has 0 spiro atoms. The zero-order valence-electron chi connectivity index (χ0n) is 13.2. The highest BCUT2D eigenvalue weighted by atomic mass is 19.1. The highest BCUT2D eigenvalue weighted by molar-refractivity contribution is 5.24. The first-order valence-electron chi connectivity index (χ1n) is 7.79. The first-order chi connectivity index (χ1) is 9.95. The summed E-state index contributed by atoms with van der Waals surface area (Å²) in [6, 6.07) is 3.69. The maximum atomic E-state index is 14.2. The van der Waals surface area contributed by atoms with Gasteiger partial charge in [0.15, 0.2) is 0 Å². The molecule has 4 heteroatoms. The average Bonchev–Trinajstić information content (AvgIpc) is 2.67. The Kier molecular flexibility index (Phi) is 5.33. The van der Waals surface area contributed by atoms with Crippen molar-refractivity contribution in [2.24, 2.45) is 11.8 Å². The molecule has 0 aromatic heterocycles. The van der Waals surface area contributed by atoms with Crippen LogP contribution in [0.25, 0.3) is 0 Å². The van der Waals surface area contributed by atoms with E-state index in [0.717, 1.165) is 19.0 Å². The lowest BCUT2D eigenvalue weighted by molar-refractivity contribution is 0.0473. The first kappa shape index (κ1) is 16.4. The summed E-state index contributed by atoms with van der Waals surface area (Å²) in [4.78, 5) is 0. The van der Waals surface area contributed by atoms with Crippen LogP contribution in [0.1, 0.15) is 45.7 Å². The smallest absolute Gasteiger partial charge is 0.130 e. The fraction of sp³-hybridized carbons (Fsp3) is 0.647. The van der Waals surface area contributed by atoms with Crippen molar-refractivity contribution in [3.05, 3.63) is 35.4 Å². The quantitative estimate of drug-likeness (QED) is 0.884. The summed E-state index contributed by atoms with van der Waals surface area (Å²) in [5.74, 6) is -0.532. The Morgan fingerprint density at radius 2 is 1.90 bits per heavy atom. The van der Waals surface area contributed by atoms with Gasteiger partial charge in [-0.25, -0.2) is 8.78 Å². The van der Waals surface area contributed by atoms with Crippen molar-refractivity contribution in [1.29, 1.82) is 0 Å². The predicted octanol–water partition coefficient (Wildman–Crippen LogP) is 4.07. The number of ether oxygens (including phenoxy) is 1. The molecule has 5 atom stereocenters. The molecule has 2 nitrogen and oxygen atoms in total. The molecule has 1 fully saturated rings. The number of hydrogen-bond donors (Lipinski definition) is 1. The first-order valence-corrected chi connectivity index (χ1v) is 7.79. The van der Waals surface area contributed by atoms with Crippen molar-refractivity contribution >= 4 is 0 Å². The Labute approximate surface area is 125 Å². The van der Waals surface area contributed by atoms with Gasteiger partial charge in [0, 0.05) is 23.6 Å². The van der Waals surface area contributed by atoms with Crippen LogP contribution in [0, 0.1) is 23.5 Å². The van der Waals surface area contributed by atoms with E-state index >= 15 is 0 Å². The van der Waals surface area contributed by atoms with Gasteiger partial charge in [-0.1, -0.05) is 19.9 Å². The summed E-state index contributed by atoms with van der Waals surface area (Å²) >= 11 is 0. The monoisotopic (exact) mass is 297 g/mol. The van der Waals surface area contributed by atoms with Crippen molar-refractivity contribution in [1.82, 2.24) is 5.32 Å². The molecule has 1 N–H and O–H groups in total. The lowest BCUT2D eigenvalue weighted by Crippen LogP contribution is -2.36. The van der Waals surface area contributed by atoms with Crippen LogP contribution in [0.2, 0.25) is 0 Å². The zero-order valence-corrected chi connectivity index (χ0v) is 13.2. The maximum absolute atomic E-state index is 14.2. The normalized spacial score (nSPS) is 30.6. The Hall–Kier alpha value is -1.00. The van der Waals surface area contributed by atoms with E-state index in [4.69, 9.17) is 4.74 Å². The minimum Gasteiger partial charge on any atom is -0.375 e. The van der Waals surface area contributed by atoms with Gasteiger partial charge in [-0.05, 0) is 38.8 Å². The molecule has 0 aliphatic carbocycles. The molecule has 0 radical (unpaired) electrons. The minimum atomic E-state index is -0.539. The van der Waals surface area contributed by atoms with Gasteiger partial charge in [-0.2, -0.15) is 0 Å². The van der Waals surface area contributed by atoms with Crippen molar-refractivity contribution in [3.8, 4) is 0 Å². The molecular formula is C17H25F2NO. The predicted molar refractivity (Wildman–Crippen MR) is 80.1 cm³/mol. The molecule has 21 heavy (non-hydrogen) atoms. The van der Waals surface area contributed by atoms with E-state index in [0.29, 0.717) is 11.5 Å². The second kappa shape index (κ2) is 6.84. The van der Waals surface area contributed by atoms with Crippen molar-refractivity contribution < 1.29 is 13.5 Å². The summed E-state index contributed by atoms with van der Waals surface area (Å²) in [5, 5.41) is 3.43. The molecule has 1 aliphatic heterocycles. The Balaban J connectivity index is 2.33. The minimum absolute atomic E-state index is 0.0498. The number of rotatable bonds is 5. The van der Waals surface area contributed by atoms with Crippen molar-refractivity contribution in [3.63, 3.8) is 0 Å². The summed E-state index contributed by atoms with van der Waals surface area (Å²) < 4.78 is 33.3. The maximum Gasteiger partial charge on any atom is 0.130 e. The van der Waals surface area contributed by atoms with E-state index in [2.05, 4.69) is 26.1 Å². The fourth-order valence-electron chi connectivity index (χ4n) is 3.38. The summed E-state index contributed by atoms with van der Waals surface area (Å²) in [5.41, 5.74) is 0.534. The van der Waals surface area contributed by atoms with E-state index in [1.165, 1.54) is 6.07 Å². The number of nitrogens with one attached hydrogen (secondary N) is 1. The molecule has 0 amide bonds. The summed E-state index contributed by atoms with van der Waals surface area (Å²) in [6.45, 7) is 9.10. The van der Waals surface area contributed by atoms with E-state index in [1.807, 2.05) is 6.92 Å². The van der Waals surface area contributed by atoms with Gasteiger partial charge in [-0.3, -0.25) is 0 Å². The van der Waals surface area contributed by atoms with Crippen LogP contribution >= 0.6 is 0 Å². The lowest BCUT2D eigenvalue weighted by Gasteiger charge is -2.30. The third-order valence-electron chi connectivity index (χ3n) is 4.62. The number of benzene rings is 1. The molecule has 1 aromatic rings. The van der Waals surface area contributed by atoms with Gasteiger partial charge in [-0.15, -0.1) is 0 Å². The number of hydrogen-bond acceptors (Lipinski definition) is 2. The van der Waals surface area contributed by atoms with Crippen LogP contribution in [0.4, 0.5) is 8.78 Å². The summed E-state index contributed by atoms with van der Waals surface area (Å²) in [7, 11) is 0. The molecule has 1 aromatic carbocycles. The van der Waals surface area contributed by atoms with E-state index in [9.17, 15) is 8.78 Å². The van der Waals surface area contributed by atoms with Crippen LogP contribution in [-0.2, 0) is 4.74 Å². The van der Waals surface area contributed by atoms with Crippen LogP contribution < -0.4 is 5.32 Å². The van der Waals surface area contributed by atoms with Crippen LogP contribution in [-0.4, -0.2) is 18.8 Å². The van der Waals surface area contributed by atoms with Gasteiger partial charge < -0.3 is 10.1 Å². The molecule has 0 saturated carbocycles. The van der Waals surface area contributed by atoms with Crippen LogP contribution in [0.5, 0.6) is 0 Å². The highest BCUT2D eigenvalue weighted by Crippen LogP contribution is 2.41. The molecule has 5 unspecified atom stereocenters.